The lowest BCUT2D eigenvalue weighted by molar-refractivity contribution is -0.121. The van der Waals surface area contributed by atoms with Gasteiger partial charge in [-0.1, -0.05) is 36.7 Å². The van der Waals surface area contributed by atoms with Crippen LogP contribution in [0.1, 0.15) is 31.7 Å². The zero-order valence-corrected chi connectivity index (χ0v) is 14.4. The van der Waals surface area contributed by atoms with Gasteiger partial charge in [-0.05, 0) is 36.3 Å². The van der Waals surface area contributed by atoms with E-state index in [1.807, 2.05) is 24.3 Å². The topological polar surface area (TPSA) is 52.6 Å². The third-order valence-corrected chi connectivity index (χ3v) is 5.60. The van der Waals surface area contributed by atoms with Crippen LogP contribution < -0.4 is 5.32 Å². The molecule has 1 aromatic rings. The highest BCUT2D eigenvalue weighted by atomic mass is 35.5. The Morgan fingerprint density at radius 1 is 1.43 bits per heavy atom. The average molecular weight is 337 g/mol. The van der Waals surface area contributed by atoms with Gasteiger partial charge in [0.1, 0.15) is 0 Å². The average Bonchev–Trinajstić information content (AvgIpc) is 3.33. The number of nitrogens with zero attached hydrogens (tertiary/aromatic N) is 1. The Bertz CT molecular complexity index is 576. The molecule has 1 saturated carbocycles. The molecule has 2 N–H and O–H groups in total. The van der Waals surface area contributed by atoms with Crippen LogP contribution in [0.15, 0.2) is 24.3 Å². The number of carbonyl (C=O) groups is 1. The number of aliphatic hydroxyl groups is 1. The molecule has 0 radical (unpaired) electrons. The van der Waals surface area contributed by atoms with Crippen LogP contribution in [-0.4, -0.2) is 41.1 Å². The molecule has 5 heteroatoms. The van der Waals surface area contributed by atoms with Gasteiger partial charge in [-0.2, -0.15) is 0 Å². The summed E-state index contributed by atoms with van der Waals surface area (Å²) < 4.78 is 0. The number of halogens is 1. The number of rotatable bonds is 6. The first-order valence-corrected chi connectivity index (χ1v) is 8.81. The standard InChI is InChI=1S/C18H25ClN2O2/c1-13-11-21(12-18(13,23)15-6-7-15)9-8-17(22)20-10-14-4-2-3-5-16(14)19/h2-5,13,15,23H,6-12H2,1H3,(H,20,22)/t13-,18+/m1/s1. The van der Waals surface area contributed by atoms with Crippen molar-refractivity contribution < 1.29 is 9.90 Å². The van der Waals surface area contributed by atoms with Crippen LogP contribution in [0.3, 0.4) is 0 Å². The number of hydrogen-bond acceptors (Lipinski definition) is 3. The second-order valence-electron chi connectivity index (χ2n) is 7.02. The quantitative estimate of drug-likeness (QED) is 0.839. The summed E-state index contributed by atoms with van der Waals surface area (Å²) in [5.41, 5.74) is 0.397. The van der Waals surface area contributed by atoms with Crippen molar-refractivity contribution in [3.8, 4) is 0 Å². The number of β-amino-alcohol motifs (C(OH)–C–C–N with tert-alkyl or cyclic N) is 1. The Kier molecular flexibility index (Phi) is 4.95. The highest BCUT2D eigenvalue weighted by molar-refractivity contribution is 6.31. The first-order valence-electron chi connectivity index (χ1n) is 8.44. The van der Waals surface area contributed by atoms with E-state index < -0.39 is 5.60 Å². The minimum absolute atomic E-state index is 0.0273. The fourth-order valence-corrected chi connectivity index (χ4v) is 3.80. The Hall–Kier alpha value is -1.10. The predicted molar refractivity (Wildman–Crippen MR) is 91.2 cm³/mol. The van der Waals surface area contributed by atoms with Crippen LogP contribution in [0.2, 0.25) is 5.02 Å². The molecule has 0 unspecified atom stereocenters. The third kappa shape index (κ3) is 3.87. The molecule has 0 spiro atoms. The summed E-state index contributed by atoms with van der Waals surface area (Å²) in [4.78, 5) is 14.3. The number of nitrogens with one attached hydrogen (secondary N) is 1. The van der Waals surface area contributed by atoms with Crippen molar-refractivity contribution in [2.24, 2.45) is 11.8 Å². The SMILES string of the molecule is C[C@@H]1CN(CCC(=O)NCc2ccccc2Cl)C[C@@]1(O)C1CC1. The van der Waals surface area contributed by atoms with Crippen LogP contribution in [0.25, 0.3) is 0 Å². The van der Waals surface area contributed by atoms with Crippen molar-refractivity contribution in [3.05, 3.63) is 34.9 Å². The molecule has 3 rings (SSSR count). The molecule has 1 aliphatic carbocycles. The maximum absolute atomic E-state index is 12.0. The molecule has 1 amide bonds. The second kappa shape index (κ2) is 6.80. The largest absolute Gasteiger partial charge is 0.388 e. The van der Waals surface area contributed by atoms with E-state index >= 15 is 0 Å². The summed E-state index contributed by atoms with van der Waals surface area (Å²) in [6, 6.07) is 7.54. The van der Waals surface area contributed by atoms with E-state index in [1.54, 1.807) is 0 Å². The molecular weight excluding hydrogens is 312 g/mol. The lowest BCUT2D eigenvalue weighted by atomic mass is 9.88. The predicted octanol–water partition coefficient (Wildman–Crippen LogP) is 2.44. The van der Waals surface area contributed by atoms with Crippen molar-refractivity contribution in [1.82, 2.24) is 10.2 Å². The van der Waals surface area contributed by atoms with Gasteiger partial charge in [-0.25, -0.2) is 0 Å². The van der Waals surface area contributed by atoms with Crippen LogP contribution >= 0.6 is 11.6 Å². The van der Waals surface area contributed by atoms with E-state index in [1.165, 1.54) is 0 Å². The Balaban J connectivity index is 1.42. The first kappa shape index (κ1) is 16.7. The Labute approximate surface area is 142 Å². The number of carbonyl (C=O) groups excluding carboxylic acids is 1. The summed E-state index contributed by atoms with van der Waals surface area (Å²) in [6.45, 7) is 4.87. The summed E-state index contributed by atoms with van der Waals surface area (Å²) in [6.07, 6.45) is 2.75. The van der Waals surface area contributed by atoms with Crippen molar-refractivity contribution in [2.45, 2.75) is 38.3 Å². The van der Waals surface area contributed by atoms with Crippen LogP contribution in [0.4, 0.5) is 0 Å². The van der Waals surface area contributed by atoms with Gasteiger partial charge in [0.2, 0.25) is 5.91 Å². The summed E-state index contributed by atoms with van der Waals surface area (Å²) >= 11 is 6.08. The van der Waals surface area contributed by atoms with E-state index in [2.05, 4.69) is 17.1 Å². The van der Waals surface area contributed by atoms with Gasteiger partial charge in [0, 0.05) is 37.6 Å². The van der Waals surface area contributed by atoms with E-state index in [0.717, 1.165) is 24.9 Å². The molecule has 1 heterocycles. The minimum Gasteiger partial charge on any atom is -0.388 e. The lowest BCUT2D eigenvalue weighted by Gasteiger charge is -2.26. The number of hydrogen-bond donors (Lipinski definition) is 2. The fraction of sp³-hybridized carbons (Fsp3) is 0.611. The van der Waals surface area contributed by atoms with Gasteiger partial charge in [0.25, 0.3) is 0 Å². The normalized spacial score (nSPS) is 28.0. The highest BCUT2D eigenvalue weighted by Crippen LogP contribution is 2.46. The van der Waals surface area contributed by atoms with Gasteiger partial charge >= 0.3 is 0 Å². The van der Waals surface area contributed by atoms with Gasteiger partial charge in [-0.15, -0.1) is 0 Å². The molecule has 2 atom stereocenters. The van der Waals surface area contributed by atoms with Gasteiger partial charge < -0.3 is 10.4 Å². The Morgan fingerprint density at radius 3 is 2.87 bits per heavy atom. The van der Waals surface area contributed by atoms with Crippen molar-refractivity contribution in [2.75, 3.05) is 19.6 Å². The molecule has 0 aromatic heterocycles. The molecule has 23 heavy (non-hydrogen) atoms. The maximum Gasteiger partial charge on any atom is 0.221 e. The van der Waals surface area contributed by atoms with E-state index in [9.17, 15) is 9.90 Å². The molecular formula is C18H25ClN2O2. The third-order valence-electron chi connectivity index (χ3n) is 5.24. The zero-order chi connectivity index (χ0) is 16.4. The van der Waals surface area contributed by atoms with Gasteiger partial charge in [0.15, 0.2) is 0 Å². The van der Waals surface area contributed by atoms with E-state index in [0.29, 0.717) is 42.9 Å². The molecule has 126 valence electrons. The molecule has 2 aliphatic rings. The smallest absolute Gasteiger partial charge is 0.221 e. The van der Waals surface area contributed by atoms with E-state index in [-0.39, 0.29) is 5.91 Å². The lowest BCUT2D eigenvalue weighted by Crippen LogP contribution is -2.39. The summed E-state index contributed by atoms with van der Waals surface area (Å²) in [5.74, 6) is 0.789. The molecule has 0 bridgehead atoms. The summed E-state index contributed by atoms with van der Waals surface area (Å²) in [5, 5.41) is 14.4. The number of benzene rings is 1. The van der Waals surface area contributed by atoms with Crippen LogP contribution in [0, 0.1) is 11.8 Å². The maximum atomic E-state index is 12.0. The monoisotopic (exact) mass is 336 g/mol. The number of likely N-dealkylation sites (tertiary alicyclic amines) is 1. The Morgan fingerprint density at radius 2 is 2.17 bits per heavy atom. The van der Waals surface area contributed by atoms with Crippen LogP contribution in [0.5, 0.6) is 0 Å². The molecule has 1 aromatic carbocycles. The van der Waals surface area contributed by atoms with Crippen LogP contribution in [-0.2, 0) is 11.3 Å². The fourth-order valence-electron chi connectivity index (χ4n) is 3.59. The molecule has 4 nitrogen and oxygen atoms in total. The van der Waals surface area contributed by atoms with Crippen molar-refractivity contribution >= 4 is 17.5 Å². The van der Waals surface area contributed by atoms with E-state index in [4.69, 9.17) is 11.6 Å². The summed E-state index contributed by atoms with van der Waals surface area (Å²) in [7, 11) is 0. The molecule has 1 aliphatic heterocycles. The van der Waals surface area contributed by atoms with Crippen molar-refractivity contribution in [3.63, 3.8) is 0 Å². The number of amides is 1. The minimum atomic E-state index is -0.534. The molecule has 2 fully saturated rings. The second-order valence-corrected chi connectivity index (χ2v) is 7.43. The highest BCUT2D eigenvalue weighted by Gasteiger charge is 2.52. The first-order chi connectivity index (χ1) is 11.0. The van der Waals surface area contributed by atoms with Gasteiger partial charge in [-0.3, -0.25) is 9.69 Å². The van der Waals surface area contributed by atoms with Crippen molar-refractivity contribution in [1.29, 1.82) is 0 Å². The zero-order valence-electron chi connectivity index (χ0n) is 13.6. The van der Waals surface area contributed by atoms with Gasteiger partial charge in [0.05, 0.1) is 5.60 Å². The molecule has 1 saturated heterocycles.